The van der Waals surface area contributed by atoms with Crippen LogP contribution in [0.25, 0.3) is 0 Å². The summed E-state index contributed by atoms with van der Waals surface area (Å²) in [6, 6.07) is 5.33. The van der Waals surface area contributed by atoms with Gasteiger partial charge in [0.25, 0.3) is 0 Å². The Morgan fingerprint density at radius 1 is 1.25 bits per heavy atom. The van der Waals surface area contributed by atoms with Crippen molar-refractivity contribution in [1.29, 1.82) is 0 Å². The zero-order chi connectivity index (χ0) is 9.19. The van der Waals surface area contributed by atoms with Crippen molar-refractivity contribution in [1.82, 2.24) is 0 Å². The minimum Gasteiger partial charge on any atom is -0.497 e. The van der Waals surface area contributed by atoms with E-state index in [1.54, 1.807) is 0 Å². The van der Waals surface area contributed by atoms with E-state index in [1.807, 2.05) is 0 Å². The predicted molar refractivity (Wildman–Crippen MR) is 42.7 cm³/mol. The van der Waals surface area contributed by atoms with E-state index in [0.29, 0.717) is 5.75 Å². The Morgan fingerprint density at radius 3 is 2.08 bits per heavy atom. The Bertz CT molecular complexity index is 253. The van der Waals surface area contributed by atoms with Gasteiger partial charge in [0.05, 0.1) is 7.11 Å². The van der Waals surface area contributed by atoms with Crippen molar-refractivity contribution in [3.8, 4) is 5.75 Å². The molecular formula is C8H7ClF2O. The number of benzene rings is 1. The molecular weight excluding hydrogens is 186 g/mol. The molecule has 0 fully saturated rings. The van der Waals surface area contributed by atoms with Gasteiger partial charge in [-0.25, -0.2) is 0 Å². The molecule has 12 heavy (non-hydrogen) atoms. The van der Waals surface area contributed by atoms with Gasteiger partial charge in [0.15, 0.2) is 0 Å². The molecule has 0 atom stereocenters. The van der Waals surface area contributed by atoms with Gasteiger partial charge in [0.1, 0.15) is 5.75 Å². The molecule has 1 nitrogen and oxygen atoms in total. The summed E-state index contributed by atoms with van der Waals surface area (Å²) in [6.45, 7) is 0. The van der Waals surface area contributed by atoms with Gasteiger partial charge in [0.2, 0.25) is 0 Å². The van der Waals surface area contributed by atoms with Crippen molar-refractivity contribution in [3.05, 3.63) is 29.8 Å². The van der Waals surface area contributed by atoms with Crippen LogP contribution < -0.4 is 4.74 Å². The van der Waals surface area contributed by atoms with Crippen LogP contribution in [-0.4, -0.2) is 7.11 Å². The van der Waals surface area contributed by atoms with Gasteiger partial charge < -0.3 is 4.74 Å². The van der Waals surface area contributed by atoms with Gasteiger partial charge in [-0.2, -0.15) is 8.78 Å². The summed E-state index contributed by atoms with van der Waals surface area (Å²) >= 11 is 4.78. The molecule has 0 aliphatic heterocycles. The molecule has 0 N–H and O–H groups in total. The van der Waals surface area contributed by atoms with Crippen molar-refractivity contribution in [3.63, 3.8) is 0 Å². The maximum Gasteiger partial charge on any atom is 0.348 e. The fourth-order valence-electron chi connectivity index (χ4n) is 0.780. The summed E-state index contributed by atoms with van der Waals surface area (Å²) in [5.41, 5.74) is -0.232. The highest BCUT2D eigenvalue weighted by Crippen LogP contribution is 2.32. The van der Waals surface area contributed by atoms with Crippen LogP contribution >= 0.6 is 11.6 Å². The van der Waals surface area contributed by atoms with E-state index in [9.17, 15) is 8.78 Å². The van der Waals surface area contributed by atoms with Crippen LogP contribution in [0, 0.1) is 0 Å². The number of alkyl halides is 3. The number of rotatable bonds is 2. The summed E-state index contributed by atoms with van der Waals surface area (Å²) in [4.78, 5) is 0. The highest BCUT2D eigenvalue weighted by molar-refractivity contribution is 6.21. The highest BCUT2D eigenvalue weighted by Gasteiger charge is 2.27. The topological polar surface area (TPSA) is 9.23 Å². The maximum atomic E-state index is 12.4. The van der Waals surface area contributed by atoms with E-state index in [0.717, 1.165) is 0 Å². The van der Waals surface area contributed by atoms with Crippen molar-refractivity contribution in [2.45, 2.75) is 5.38 Å². The zero-order valence-electron chi connectivity index (χ0n) is 6.35. The molecule has 0 unspecified atom stereocenters. The molecule has 0 amide bonds. The van der Waals surface area contributed by atoms with E-state index in [-0.39, 0.29) is 5.56 Å². The average molecular weight is 193 g/mol. The lowest BCUT2D eigenvalue weighted by Gasteiger charge is -2.07. The molecule has 0 heterocycles. The SMILES string of the molecule is COc1ccc(C(F)(F)Cl)cc1. The van der Waals surface area contributed by atoms with E-state index in [2.05, 4.69) is 0 Å². The monoisotopic (exact) mass is 192 g/mol. The summed E-state index contributed by atoms with van der Waals surface area (Å²) in [7, 11) is 1.47. The van der Waals surface area contributed by atoms with Gasteiger partial charge in [0, 0.05) is 5.56 Å². The van der Waals surface area contributed by atoms with Gasteiger partial charge >= 0.3 is 5.38 Å². The first kappa shape index (κ1) is 9.26. The summed E-state index contributed by atoms with van der Waals surface area (Å²) in [5, 5.41) is -3.30. The lowest BCUT2D eigenvalue weighted by molar-refractivity contribution is 0.0951. The Balaban J connectivity index is 2.93. The smallest absolute Gasteiger partial charge is 0.348 e. The third kappa shape index (κ3) is 2.08. The standard InChI is InChI=1S/C8H7ClF2O/c1-12-7-4-2-6(3-5-7)8(9,10)11/h2-5H,1H3. The summed E-state index contributed by atoms with van der Waals surface area (Å²) in [6.07, 6.45) is 0. The van der Waals surface area contributed by atoms with Crippen molar-refractivity contribution >= 4 is 11.6 Å². The summed E-state index contributed by atoms with van der Waals surface area (Å²) in [5.74, 6) is 0.527. The minimum absolute atomic E-state index is 0.232. The fourth-order valence-corrected chi connectivity index (χ4v) is 0.906. The van der Waals surface area contributed by atoms with Crippen molar-refractivity contribution < 1.29 is 13.5 Å². The molecule has 0 saturated carbocycles. The minimum atomic E-state index is -3.30. The molecule has 0 aliphatic rings. The van der Waals surface area contributed by atoms with Crippen molar-refractivity contribution in [2.24, 2.45) is 0 Å². The maximum absolute atomic E-state index is 12.4. The van der Waals surface area contributed by atoms with E-state index >= 15 is 0 Å². The molecule has 0 aromatic heterocycles. The predicted octanol–water partition coefficient (Wildman–Crippen LogP) is 2.98. The third-order valence-corrected chi connectivity index (χ3v) is 1.64. The molecule has 1 rings (SSSR count). The third-order valence-electron chi connectivity index (χ3n) is 1.42. The van der Waals surface area contributed by atoms with Crippen LogP contribution in [0.5, 0.6) is 5.75 Å². The van der Waals surface area contributed by atoms with Crippen LogP contribution in [0.1, 0.15) is 5.56 Å². The largest absolute Gasteiger partial charge is 0.497 e. The Hall–Kier alpha value is -0.830. The quantitative estimate of drug-likeness (QED) is 0.655. The van der Waals surface area contributed by atoms with Crippen LogP contribution in [0.4, 0.5) is 8.78 Å². The molecule has 0 bridgehead atoms. The molecule has 0 saturated heterocycles. The first-order chi connectivity index (χ1) is 5.54. The second kappa shape index (κ2) is 3.27. The Kier molecular flexibility index (Phi) is 2.52. The lowest BCUT2D eigenvalue weighted by atomic mass is 10.2. The van der Waals surface area contributed by atoms with Gasteiger partial charge in [-0.05, 0) is 35.9 Å². The molecule has 0 radical (unpaired) electrons. The molecule has 0 spiro atoms. The van der Waals surface area contributed by atoms with Crippen LogP contribution in [0.15, 0.2) is 24.3 Å². The lowest BCUT2D eigenvalue weighted by Crippen LogP contribution is -2.02. The number of methoxy groups -OCH3 is 1. The molecule has 0 aliphatic carbocycles. The first-order valence-corrected chi connectivity index (χ1v) is 3.63. The molecule has 66 valence electrons. The highest BCUT2D eigenvalue weighted by atomic mass is 35.5. The average Bonchev–Trinajstić information content (AvgIpc) is 2.03. The Morgan fingerprint density at radius 2 is 1.75 bits per heavy atom. The second-order valence-electron chi connectivity index (χ2n) is 2.23. The van der Waals surface area contributed by atoms with Gasteiger partial charge in [-0.3, -0.25) is 0 Å². The van der Waals surface area contributed by atoms with E-state index < -0.39 is 5.38 Å². The van der Waals surface area contributed by atoms with E-state index in [4.69, 9.17) is 16.3 Å². The van der Waals surface area contributed by atoms with E-state index in [1.165, 1.54) is 31.4 Å². The second-order valence-corrected chi connectivity index (χ2v) is 2.70. The first-order valence-electron chi connectivity index (χ1n) is 3.25. The number of hydrogen-bond acceptors (Lipinski definition) is 1. The number of ether oxygens (including phenoxy) is 1. The number of hydrogen-bond donors (Lipinski definition) is 0. The normalized spacial score (nSPS) is 11.3. The van der Waals surface area contributed by atoms with Crippen LogP contribution in [0.2, 0.25) is 0 Å². The van der Waals surface area contributed by atoms with Gasteiger partial charge in [-0.15, -0.1) is 0 Å². The van der Waals surface area contributed by atoms with Crippen molar-refractivity contribution in [2.75, 3.05) is 7.11 Å². The molecule has 1 aromatic carbocycles. The summed E-state index contributed by atoms with van der Waals surface area (Å²) < 4.78 is 29.6. The Labute approximate surface area is 73.9 Å². The fraction of sp³-hybridized carbons (Fsp3) is 0.250. The molecule has 4 heteroatoms. The number of halogens is 3. The molecule has 1 aromatic rings. The van der Waals surface area contributed by atoms with Gasteiger partial charge in [-0.1, -0.05) is 0 Å². The van der Waals surface area contributed by atoms with Crippen LogP contribution in [-0.2, 0) is 5.38 Å². The zero-order valence-corrected chi connectivity index (χ0v) is 7.11. The van der Waals surface area contributed by atoms with Crippen LogP contribution in [0.3, 0.4) is 0 Å².